The van der Waals surface area contributed by atoms with Gasteiger partial charge in [-0.05, 0) is 18.8 Å². The highest BCUT2D eigenvalue weighted by Crippen LogP contribution is 2.31. The molecule has 0 aliphatic heterocycles. The summed E-state index contributed by atoms with van der Waals surface area (Å²) in [4.78, 5) is 8.33. The third kappa shape index (κ3) is 4.18. The second kappa shape index (κ2) is 6.71. The van der Waals surface area contributed by atoms with E-state index in [2.05, 4.69) is 43.0 Å². The predicted octanol–water partition coefficient (Wildman–Crippen LogP) is 3.66. The lowest BCUT2D eigenvalue weighted by Crippen LogP contribution is -2.35. The maximum Gasteiger partial charge on any atom is 0.185 e. The monoisotopic (exact) mass is 281 g/mol. The van der Waals surface area contributed by atoms with Crippen molar-refractivity contribution >= 4 is 16.5 Å². The van der Waals surface area contributed by atoms with E-state index in [4.69, 9.17) is 0 Å². The Morgan fingerprint density at radius 1 is 1.47 bits per heavy atom. The van der Waals surface area contributed by atoms with Crippen LogP contribution in [-0.4, -0.2) is 24.1 Å². The first-order valence-corrected chi connectivity index (χ1v) is 8.29. The molecule has 1 aromatic rings. The van der Waals surface area contributed by atoms with Gasteiger partial charge in [0.1, 0.15) is 0 Å². The van der Waals surface area contributed by atoms with E-state index in [0.29, 0.717) is 12.1 Å². The Balaban J connectivity index is 1.93. The zero-order chi connectivity index (χ0) is 13.8. The second-order valence-corrected chi connectivity index (χ2v) is 7.27. The van der Waals surface area contributed by atoms with Gasteiger partial charge in [-0.25, -0.2) is 4.98 Å². The largest absolute Gasteiger partial charge is 0.348 e. The van der Waals surface area contributed by atoms with Crippen LogP contribution >= 0.6 is 11.3 Å². The lowest BCUT2D eigenvalue weighted by atomic mass is 9.86. The van der Waals surface area contributed by atoms with E-state index in [1.807, 2.05) is 17.5 Å². The topological polar surface area (TPSA) is 28.2 Å². The average molecular weight is 281 g/mol. The molecule has 19 heavy (non-hydrogen) atoms. The van der Waals surface area contributed by atoms with E-state index in [1.165, 1.54) is 35.7 Å². The molecule has 1 aliphatic carbocycles. The molecule has 0 spiro atoms. The maximum atomic E-state index is 4.60. The first kappa shape index (κ1) is 14.8. The molecule has 1 heterocycles. The number of anilines is 1. The van der Waals surface area contributed by atoms with Crippen molar-refractivity contribution in [2.24, 2.45) is 5.92 Å². The quantitative estimate of drug-likeness (QED) is 0.893. The summed E-state index contributed by atoms with van der Waals surface area (Å²) in [7, 11) is 2.21. The molecule has 1 N–H and O–H groups in total. The molecule has 0 bridgehead atoms. The maximum absolute atomic E-state index is 4.60. The van der Waals surface area contributed by atoms with Gasteiger partial charge < -0.3 is 10.2 Å². The van der Waals surface area contributed by atoms with Gasteiger partial charge in [-0.2, -0.15) is 0 Å². The highest BCUT2D eigenvalue weighted by Gasteiger charge is 2.24. The third-order valence-corrected chi connectivity index (χ3v) is 5.07. The van der Waals surface area contributed by atoms with Gasteiger partial charge in [0.25, 0.3) is 0 Å². The van der Waals surface area contributed by atoms with Crippen molar-refractivity contribution in [3.63, 3.8) is 0 Å². The van der Waals surface area contributed by atoms with Crippen LogP contribution in [0.3, 0.4) is 0 Å². The number of hydrogen-bond donors (Lipinski definition) is 1. The lowest BCUT2D eigenvalue weighted by Gasteiger charge is -2.33. The molecule has 0 radical (unpaired) electrons. The van der Waals surface area contributed by atoms with Crippen LogP contribution in [0.2, 0.25) is 0 Å². The lowest BCUT2D eigenvalue weighted by molar-refractivity contribution is 0.336. The van der Waals surface area contributed by atoms with Crippen LogP contribution in [0.5, 0.6) is 0 Å². The molecule has 1 fully saturated rings. The van der Waals surface area contributed by atoms with Gasteiger partial charge >= 0.3 is 0 Å². The summed E-state index contributed by atoms with van der Waals surface area (Å²) < 4.78 is 0. The fraction of sp³-hybridized carbons (Fsp3) is 0.800. The second-order valence-electron chi connectivity index (χ2n) is 6.18. The number of hydrogen-bond acceptors (Lipinski definition) is 4. The molecule has 3 nitrogen and oxygen atoms in total. The minimum absolute atomic E-state index is 0.530. The van der Waals surface area contributed by atoms with Gasteiger partial charge in [-0.15, -0.1) is 11.3 Å². The summed E-state index contributed by atoms with van der Waals surface area (Å²) in [6.45, 7) is 7.67. The van der Waals surface area contributed by atoms with Crippen molar-refractivity contribution < 1.29 is 0 Å². The molecule has 0 aromatic carbocycles. The third-order valence-electron chi connectivity index (χ3n) is 3.98. The van der Waals surface area contributed by atoms with Gasteiger partial charge in [0, 0.05) is 36.8 Å². The van der Waals surface area contributed by atoms with Gasteiger partial charge in [-0.3, -0.25) is 0 Å². The number of thiazole rings is 1. The first-order chi connectivity index (χ1) is 9.06. The fourth-order valence-electron chi connectivity index (χ4n) is 2.76. The minimum atomic E-state index is 0.530. The Kier molecular flexibility index (Phi) is 5.22. The number of nitrogens with one attached hydrogen (secondary N) is 1. The smallest absolute Gasteiger partial charge is 0.185 e. The Bertz CT molecular complexity index is 388. The number of rotatable bonds is 5. The van der Waals surface area contributed by atoms with Crippen LogP contribution in [-0.2, 0) is 6.54 Å². The first-order valence-electron chi connectivity index (χ1n) is 7.47. The van der Waals surface area contributed by atoms with E-state index in [-0.39, 0.29) is 0 Å². The van der Waals surface area contributed by atoms with Crippen LogP contribution in [0.1, 0.15) is 51.3 Å². The van der Waals surface area contributed by atoms with E-state index < -0.39 is 0 Å². The Labute approximate surface area is 121 Å². The average Bonchev–Trinajstić information content (AvgIpc) is 2.84. The van der Waals surface area contributed by atoms with Crippen LogP contribution < -0.4 is 10.2 Å². The standard InChI is InChI=1S/C15H27N3S/c1-11(2)16-9-14-10-17-15(19-14)18(4)13-7-5-6-12(3)8-13/h10-13,16H,5-9H2,1-4H3. The summed E-state index contributed by atoms with van der Waals surface area (Å²) in [5, 5.41) is 4.63. The van der Waals surface area contributed by atoms with Crippen molar-refractivity contribution in [3.8, 4) is 0 Å². The van der Waals surface area contributed by atoms with Gasteiger partial charge in [0.15, 0.2) is 5.13 Å². The molecule has 2 atom stereocenters. The van der Waals surface area contributed by atoms with Crippen molar-refractivity contribution in [3.05, 3.63) is 11.1 Å². The van der Waals surface area contributed by atoms with Crippen molar-refractivity contribution in [2.45, 2.75) is 65.1 Å². The van der Waals surface area contributed by atoms with Crippen LogP contribution in [0.25, 0.3) is 0 Å². The predicted molar refractivity (Wildman–Crippen MR) is 83.9 cm³/mol. The Morgan fingerprint density at radius 3 is 2.95 bits per heavy atom. The van der Waals surface area contributed by atoms with E-state index in [9.17, 15) is 0 Å². The Morgan fingerprint density at radius 2 is 2.26 bits per heavy atom. The highest BCUT2D eigenvalue weighted by molar-refractivity contribution is 7.15. The molecular formula is C15H27N3S. The normalized spacial score (nSPS) is 23.8. The summed E-state index contributed by atoms with van der Waals surface area (Å²) in [5.74, 6) is 0.864. The van der Waals surface area contributed by atoms with E-state index in [0.717, 1.165) is 12.5 Å². The van der Waals surface area contributed by atoms with Gasteiger partial charge in [0.2, 0.25) is 0 Å². The number of nitrogens with zero attached hydrogens (tertiary/aromatic N) is 2. The molecule has 2 rings (SSSR count). The number of aromatic nitrogens is 1. The molecule has 4 heteroatoms. The zero-order valence-electron chi connectivity index (χ0n) is 12.6. The molecule has 1 aliphatic rings. The molecule has 108 valence electrons. The minimum Gasteiger partial charge on any atom is -0.348 e. The van der Waals surface area contributed by atoms with E-state index in [1.54, 1.807) is 0 Å². The summed E-state index contributed by atoms with van der Waals surface area (Å²) in [6, 6.07) is 1.21. The summed E-state index contributed by atoms with van der Waals surface area (Å²) in [5.41, 5.74) is 0. The van der Waals surface area contributed by atoms with Gasteiger partial charge in [-0.1, -0.05) is 33.6 Å². The highest BCUT2D eigenvalue weighted by atomic mass is 32.1. The van der Waals surface area contributed by atoms with Crippen LogP contribution in [0.4, 0.5) is 5.13 Å². The summed E-state index contributed by atoms with van der Waals surface area (Å²) >= 11 is 1.83. The van der Waals surface area contributed by atoms with Crippen molar-refractivity contribution in [2.75, 3.05) is 11.9 Å². The van der Waals surface area contributed by atoms with Crippen LogP contribution in [0, 0.1) is 5.92 Å². The van der Waals surface area contributed by atoms with Crippen LogP contribution in [0.15, 0.2) is 6.20 Å². The summed E-state index contributed by atoms with van der Waals surface area (Å²) in [6.07, 6.45) is 7.42. The molecular weight excluding hydrogens is 254 g/mol. The molecule has 1 aromatic heterocycles. The molecule has 2 unspecified atom stereocenters. The molecule has 0 amide bonds. The SMILES string of the molecule is CC1CCCC(N(C)c2ncc(CNC(C)C)s2)C1. The van der Waals surface area contributed by atoms with E-state index >= 15 is 0 Å². The Hall–Kier alpha value is -0.610. The zero-order valence-corrected chi connectivity index (χ0v) is 13.5. The molecule has 1 saturated carbocycles. The van der Waals surface area contributed by atoms with Gasteiger partial charge in [0.05, 0.1) is 0 Å². The van der Waals surface area contributed by atoms with Crippen molar-refractivity contribution in [1.82, 2.24) is 10.3 Å². The fourth-order valence-corrected chi connectivity index (χ4v) is 3.65. The van der Waals surface area contributed by atoms with Crippen molar-refractivity contribution in [1.29, 1.82) is 0 Å². The molecule has 0 saturated heterocycles.